The van der Waals surface area contributed by atoms with E-state index in [1.807, 2.05) is 37.3 Å². The zero-order valence-electron chi connectivity index (χ0n) is 13.6. The maximum absolute atomic E-state index is 11.5. The lowest BCUT2D eigenvalue weighted by molar-refractivity contribution is 0.599. The van der Waals surface area contributed by atoms with Gasteiger partial charge in [0.15, 0.2) is 15.8 Å². The van der Waals surface area contributed by atoms with E-state index in [1.54, 1.807) is 0 Å². The highest BCUT2D eigenvalue weighted by molar-refractivity contribution is 7.91. The summed E-state index contributed by atoms with van der Waals surface area (Å²) < 4.78 is 23.0. The van der Waals surface area contributed by atoms with Crippen molar-refractivity contribution in [1.29, 1.82) is 0 Å². The lowest BCUT2D eigenvalue weighted by atomic mass is 10.3. The SMILES string of the molecule is CCNC(=NCCCNc1ccccc1)NC1CCS(=O)(=O)C1. The van der Waals surface area contributed by atoms with Crippen molar-refractivity contribution in [1.82, 2.24) is 10.6 Å². The van der Waals surface area contributed by atoms with Gasteiger partial charge in [0.2, 0.25) is 0 Å². The third kappa shape index (κ3) is 6.48. The number of para-hydroxylation sites is 1. The predicted octanol–water partition coefficient (Wildman–Crippen LogP) is 1.23. The molecule has 1 aromatic carbocycles. The van der Waals surface area contributed by atoms with E-state index < -0.39 is 9.84 Å². The molecule has 3 N–H and O–H groups in total. The molecule has 2 rings (SSSR count). The molecule has 1 atom stereocenters. The second kappa shape index (κ2) is 8.76. The minimum atomic E-state index is -2.87. The first-order valence-corrected chi connectivity index (χ1v) is 9.95. The van der Waals surface area contributed by atoms with Gasteiger partial charge in [-0.3, -0.25) is 4.99 Å². The maximum atomic E-state index is 11.5. The maximum Gasteiger partial charge on any atom is 0.191 e. The van der Waals surface area contributed by atoms with Crippen LogP contribution < -0.4 is 16.0 Å². The molecule has 1 heterocycles. The monoisotopic (exact) mass is 338 g/mol. The Hall–Kier alpha value is -1.76. The quantitative estimate of drug-likeness (QED) is 0.396. The number of rotatable bonds is 7. The van der Waals surface area contributed by atoms with Crippen LogP contribution in [0.1, 0.15) is 19.8 Å². The summed E-state index contributed by atoms with van der Waals surface area (Å²) in [4.78, 5) is 4.52. The average Bonchev–Trinajstić information content (AvgIpc) is 2.87. The minimum Gasteiger partial charge on any atom is -0.385 e. The van der Waals surface area contributed by atoms with Crippen molar-refractivity contribution < 1.29 is 8.42 Å². The van der Waals surface area contributed by atoms with Crippen molar-refractivity contribution in [3.05, 3.63) is 30.3 Å². The van der Waals surface area contributed by atoms with Crippen molar-refractivity contribution in [2.24, 2.45) is 4.99 Å². The standard InChI is InChI=1S/C16H26N4O2S/c1-2-17-16(20-15-9-12-23(21,22)13-15)19-11-6-10-18-14-7-4-3-5-8-14/h3-5,7-8,15,18H,2,6,9-13H2,1H3,(H2,17,19,20). The Labute approximate surface area is 138 Å². The van der Waals surface area contributed by atoms with Crippen molar-refractivity contribution in [3.8, 4) is 0 Å². The Morgan fingerprint density at radius 3 is 2.74 bits per heavy atom. The van der Waals surface area contributed by atoms with Crippen LogP contribution in [-0.4, -0.2) is 51.6 Å². The van der Waals surface area contributed by atoms with Crippen LogP contribution in [0, 0.1) is 0 Å². The van der Waals surface area contributed by atoms with Gasteiger partial charge in [0.05, 0.1) is 11.5 Å². The largest absolute Gasteiger partial charge is 0.385 e. The van der Waals surface area contributed by atoms with Gasteiger partial charge < -0.3 is 16.0 Å². The van der Waals surface area contributed by atoms with Crippen molar-refractivity contribution in [2.45, 2.75) is 25.8 Å². The second-order valence-corrected chi connectivity index (χ2v) is 7.88. The fraction of sp³-hybridized carbons (Fsp3) is 0.562. The van der Waals surface area contributed by atoms with Crippen LogP contribution in [0.4, 0.5) is 5.69 Å². The molecule has 1 unspecified atom stereocenters. The molecule has 1 aromatic rings. The van der Waals surface area contributed by atoms with E-state index in [-0.39, 0.29) is 17.5 Å². The molecule has 0 bridgehead atoms. The lowest BCUT2D eigenvalue weighted by Gasteiger charge is -2.15. The Balaban J connectivity index is 1.73. The number of anilines is 1. The molecular formula is C16H26N4O2S. The number of nitrogens with one attached hydrogen (secondary N) is 3. The summed E-state index contributed by atoms with van der Waals surface area (Å²) in [7, 11) is -2.87. The van der Waals surface area contributed by atoms with E-state index in [0.717, 1.165) is 25.2 Å². The third-order valence-corrected chi connectivity index (χ3v) is 5.39. The zero-order valence-corrected chi connectivity index (χ0v) is 14.4. The van der Waals surface area contributed by atoms with Gasteiger partial charge in [-0.05, 0) is 31.9 Å². The highest BCUT2D eigenvalue weighted by Crippen LogP contribution is 2.11. The van der Waals surface area contributed by atoms with Gasteiger partial charge in [-0.1, -0.05) is 18.2 Å². The fourth-order valence-corrected chi connectivity index (χ4v) is 4.15. The van der Waals surface area contributed by atoms with Crippen LogP contribution in [0.5, 0.6) is 0 Å². The molecule has 7 heteroatoms. The Morgan fingerprint density at radius 2 is 2.09 bits per heavy atom. The van der Waals surface area contributed by atoms with Crippen LogP contribution >= 0.6 is 0 Å². The number of hydrogen-bond donors (Lipinski definition) is 3. The topological polar surface area (TPSA) is 82.6 Å². The molecule has 0 spiro atoms. The van der Waals surface area contributed by atoms with Crippen LogP contribution in [0.2, 0.25) is 0 Å². The summed E-state index contributed by atoms with van der Waals surface area (Å²) in [6, 6.07) is 10.0. The van der Waals surface area contributed by atoms with Crippen LogP contribution in [0.3, 0.4) is 0 Å². The molecule has 0 radical (unpaired) electrons. The van der Waals surface area contributed by atoms with Gasteiger partial charge in [0.25, 0.3) is 0 Å². The fourth-order valence-electron chi connectivity index (χ4n) is 2.48. The Kier molecular flexibility index (Phi) is 6.70. The number of guanidine groups is 1. The van der Waals surface area contributed by atoms with Gasteiger partial charge in [0, 0.05) is 31.4 Å². The molecule has 1 aliphatic heterocycles. The third-order valence-electron chi connectivity index (χ3n) is 3.63. The summed E-state index contributed by atoms with van der Waals surface area (Å²) in [6.07, 6.45) is 1.57. The first-order chi connectivity index (χ1) is 11.1. The van der Waals surface area contributed by atoms with Crippen molar-refractivity contribution >= 4 is 21.5 Å². The van der Waals surface area contributed by atoms with Gasteiger partial charge in [0.1, 0.15) is 0 Å². The molecule has 0 amide bonds. The highest BCUT2D eigenvalue weighted by atomic mass is 32.2. The van der Waals surface area contributed by atoms with E-state index in [2.05, 4.69) is 20.9 Å². The second-order valence-electron chi connectivity index (χ2n) is 5.65. The molecular weight excluding hydrogens is 312 g/mol. The number of nitrogens with zero attached hydrogens (tertiary/aromatic N) is 1. The van der Waals surface area contributed by atoms with Gasteiger partial charge in [-0.2, -0.15) is 0 Å². The van der Waals surface area contributed by atoms with Crippen molar-refractivity contribution in [3.63, 3.8) is 0 Å². The van der Waals surface area contributed by atoms with Gasteiger partial charge in [-0.25, -0.2) is 8.42 Å². The molecule has 1 fully saturated rings. The number of aliphatic imine (C=N–C) groups is 1. The molecule has 128 valence electrons. The van der Waals surface area contributed by atoms with Crippen LogP contribution in [-0.2, 0) is 9.84 Å². The first-order valence-electron chi connectivity index (χ1n) is 8.13. The smallest absolute Gasteiger partial charge is 0.191 e. The van der Waals surface area contributed by atoms with E-state index in [0.29, 0.717) is 18.9 Å². The predicted molar refractivity (Wildman–Crippen MR) is 95.7 cm³/mol. The summed E-state index contributed by atoms with van der Waals surface area (Å²) in [6.45, 7) is 4.30. The Bertz CT molecular complexity index is 602. The molecule has 1 aliphatic rings. The summed E-state index contributed by atoms with van der Waals surface area (Å²) in [5, 5.41) is 9.73. The van der Waals surface area contributed by atoms with Crippen molar-refractivity contribution in [2.75, 3.05) is 36.5 Å². The van der Waals surface area contributed by atoms with E-state index in [9.17, 15) is 8.42 Å². The van der Waals surface area contributed by atoms with Gasteiger partial charge >= 0.3 is 0 Å². The molecule has 0 saturated carbocycles. The molecule has 0 aromatic heterocycles. The normalized spacial score (nSPS) is 20.2. The van der Waals surface area contributed by atoms with E-state index >= 15 is 0 Å². The Morgan fingerprint density at radius 1 is 1.30 bits per heavy atom. The number of benzene rings is 1. The van der Waals surface area contributed by atoms with Gasteiger partial charge in [-0.15, -0.1) is 0 Å². The molecule has 1 saturated heterocycles. The van der Waals surface area contributed by atoms with Crippen LogP contribution in [0.25, 0.3) is 0 Å². The highest BCUT2D eigenvalue weighted by Gasteiger charge is 2.28. The number of sulfone groups is 1. The molecule has 0 aliphatic carbocycles. The summed E-state index contributed by atoms with van der Waals surface area (Å²) >= 11 is 0. The molecule has 6 nitrogen and oxygen atoms in total. The minimum absolute atomic E-state index is 0.0276. The molecule has 23 heavy (non-hydrogen) atoms. The average molecular weight is 338 g/mol. The van der Waals surface area contributed by atoms with E-state index in [4.69, 9.17) is 0 Å². The summed E-state index contributed by atoms with van der Waals surface area (Å²) in [5.41, 5.74) is 1.11. The van der Waals surface area contributed by atoms with E-state index in [1.165, 1.54) is 0 Å². The first kappa shape index (κ1) is 17.6. The number of hydrogen-bond acceptors (Lipinski definition) is 4. The lowest BCUT2D eigenvalue weighted by Crippen LogP contribution is -2.44. The summed E-state index contributed by atoms with van der Waals surface area (Å²) in [5.74, 6) is 1.17. The van der Waals surface area contributed by atoms with Crippen LogP contribution in [0.15, 0.2) is 35.3 Å². The zero-order chi connectivity index (χ0) is 16.5.